The highest BCUT2D eigenvalue weighted by atomic mass is 35.5. The van der Waals surface area contributed by atoms with Gasteiger partial charge in [0.05, 0.1) is 5.51 Å². The first kappa shape index (κ1) is 32.4. The first-order valence-electron chi connectivity index (χ1n) is 12.5. The number of tetrazole rings is 1. The molecular weight excluding hydrogens is 644 g/mol. The number of carbonyl (C=O) groups excluding carboxylic acids is 4. The number of thioether (sulfide) groups is 2. The maximum atomic E-state index is 13.4. The number of amides is 2. The molecule has 1 unspecified atom stereocenters. The van der Waals surface area contributed by atoms with Crippen molar-refractivity contribution in [1.29, 1.82) is 0 Å². The summed E-state index contributed by atoms with van der Waals surface area (Å²) in [6, 6.07) is -0.991. The predicted octanol–water partition coefficient (Wildman–Crippen LogP) is 1.47. The molecule has 1 fully saturated rings. The number of fused-ring (bicyclic) bond motifs is 1. The standard InChI is InChI=1S/C24H27ClN8O7S3/c1-12(25)6-38-22(37)18-13(9-43-23-28-30-31-32(23)5)8-42-21-17(20(36)33(18)21)27-19(35)16(14-10-41-11-26-14)29-39-7-15(34)40-24(2,3)4/h10-11,17,21H,1,6-9H2,2-5H3,(H,27,35)/b29-16-/t17?,21-/m1/s1. The average Bonchev–Trinajstić information content (AvgIpc) is 3.61. The Kier molecular flexibility index (Phi) is 10.5. The van der Waals surface area contributed by atoms with Crippen LogP contribution in [-0.2, 0) is 40.5 Å². The van der Waals surface area contributed by atoms with E-state index < -0.39 is 47.4 Å². The fourth-order valence-electron chi connectivity index (χ4n) is 3.75. The molecule has 1 saturated heterocycles. The summed E-state index contributed by atoms with van der Waals surface area (Å²) in [6.45, 7) is 7.86. The second-order valence-electron chi connectivity index (χ2n) is 9.95. The molecule has 0 bridgehead atoms. The van der Waals surface area contributed by atoms with E-state index in [2.05, 4.69) is 37.6 Å². The molecule has 19 heteroatoms. The molecule has 2 atom stereocenters. The van der Waals surface area contributed by atoms with Gasteiger partial charge in [-0.25, -0.2) is 19.3 Å². The van der Waals surface area contributed by atoms with Gasteiger partial charge in [-0.3, -0.25) is 14.5 Å². The number of esters is 2. The molecule has 4 heterocycles. The summed E-state index contributed by atoms with van der Waals surface area (Å²) in [7, 11) is 1.68. The SMILES string of the molecule is C=C(Cl)COC(=O)C1=C(CSc2nnnn2C)CS[C@@H]2C(NC(=O)/C(=N\OCC(=O)OC(C)(C)C)c3cscn3)C(=O)N12. The maximum Gasteiger partial charge on any atom is 0.355 e. The number of ether oxygens (including phenoxy) is 2. The normalized spacial score (nSPS) is 18.5. The van der Waals surface area contributed by atoms with Gasteiger partial charge in [0.15, 0.2) is 5.71 Å². The van der Waals surface area contributed by atoms with Gasteiger partial charge in [0.2, 0.25) is 11.8 Å². The molecule has 2 amide bonds. The van der Waals surface area contributed by atoms with E-state index in [9.17, 15) is 19.2 Å². The molecule has 2 aromatic heterocycles. The molecule has 0 radical (unpaired) electrons. The van der Waals surface area contributed by atoms with Crippen molar-refractivity contribution in [2.45, 2.75) is 42.9 Å². The lowest BCUT2D eigenvalue weighted by Gasteiger charge is -2.49. The number of hydrogen-bond acceptors (Lipinski definition) is 15. The van der Waals surface area contributed by atoms with E-state index in [1.165, 1.54) is 50.0 Å². The number of carbonyl (C=O) groups is 4. The molecule has 2 aliphatic heterocycles. The van der Waals surface area contributed by atoms with Crippen LogP contribution in [0.5, 0.6) is 0 Å². The van der Waals surface area contributed by atoms with E-state index in [0.717, 1.165) is 0 Å². The minimum Gasteiger partial charge on any atom is -0.457 e. The summed E-state index contributed by atoms with van der Waals surface area (Å²) in [5.74, 6) is -2.05. The van der Waals surface area contributed by atoms with Crippen LogP contribution in [0.25, 0.3) is 0 Å². The van der Waals surface area contributed by atoms with Crippen molar-refractivity contribution in [2.75, 3.05) is 24.7 Å². The van der Waals surface area contributed by atoms with E-state index in [-0.39, 0.29) is 28.7 Å². The molecule has 2 aliphatic rings. The van der Waals surface area contributed by atoms with Crippen LogP contribution in [-0.4, -0.2) is 101 Å². The molecule has 43 heavy (non-hydrogen) atoms. The highest BCUT2D eigenvalue weighted by Crippen LogP contribution is 2.42. The van der Waals surface area contributed by atoms with Crippen molar-refractivity contribution in [1.82, 2.24) is 35.4 Å². The van der Waals surface area contributed by atoms with Gasteiger partial charge in [-0.1, -0.05) is 35.1 Å². The molecule has 230 valence electrons. The fraction of sp³-hybridized carbons (Fsp3) is 0.458. The van der Waals surface area contributed by atoms with Crippen LogP contribution in [0.2, 0.25) is 0 Å². The molecule has 0 spiro atoms. The van der Waals surface area contributed by atoms with Crippen molar-refractivity contribution in [3.8, 4) is 0 Å². The number of aromatic nitrogens is 5. The minimum absolute atomic E-state index is 0.0638. The number of halogens is 1. The predicted molar refractivity (Wildman–Crippen MR) is 158 cm³/mol. The Labute approximate surface area is 263 Å². The number of nitrogens with one attached hydrogen (secondary N) is 1. The van der Waals surface area contributed by atoms with Gasteiger partial charge in [-0.15, -0.1) is 28.2 Å². The number of hydrogen-bond donors (Lipinski definition) is 1. The Bertz CT molecular complexity index is 1470. The topological polar surface area (TPSA) is 180 Å². The van der Waals surface area contributed by atoms with Gasteiger partial charge < -0.3 is 19.6 Å². The smallest absolute Gasteiger partial charge is 0.355 e. The van der Waals surface area contributed by atoms with Crippen molar-refractivity contribution in [3.63, 3.8) is 0 Å². The Morgan fingerprint density at radius 3 is 2.70 bits per heavy atom. The zero-order valence-electron chi connectivity index (χ0n) is 23.4. The maximum absolute atomic E-state index is 13.4. The second kappa shape index (κ2) is 13.9. The van der Waals surface area contributed by atoms with Crippen LogP contribution in [0.1, 0.15) is 26.5 Å². The first-order valence-corrected chi connectivity index (χ1v) is 15.8. The minimum atomic E-state index is -0.991. The number of aryl methyl sites for hydroxylation is 1. The molecule has 2 aromatic rings. The lowest BCUT2D eigenvalue weighted by molar-refractivity contribution is -0.160. The molecular formula is C24H27ClN8O7S3. The number of β-lactam (4-membered cyclic amide) rings is 1. The zero-order chi connectivity index (χ0) is 31.3. The Morgan fingerprint density at radius 2 is 2.07 bits per heavy atom. The molecule has 4 rings (SSSR count). The lowest BCUT2D eigenvalue weighted by Crippen LogP contribution is -2.71. The van der Waals surface area contributed by atoms with E-state index in [1.807, 2.05) is 0 Å². The highest BCUT2D eigenvalue weighted by molar-refractivity contribution is 8.01. The van der Waals surface area contributed by atoms with Gasteiger partial charge in [-0.05, 0) is 36.8 Å². The van der Waals surface area contributed by atoms with Gasteiger partial charge in [0, 0.05) is 29.0 Å². The second-order valence-corrected chi connectivity index (χ2v) is 13.3. The van der Waals surface area contributed by atoms with E-state index in [1.54, 1.807) is 33.2 Å². The van der Waals surface area contributed by atoms with Crippen LogP contribution < -0.4 is 5.32 Å². The molecule has 0 aromatic carbocycles. The van der Waals surface area contributed by atoms with Crippen molar-refractivity contribution < 1.29 is 33.5 Å². The monoisotopic (exact) mass is 670 g/mol. The third kappa shape index (κ3) is 8.12. The quantitative estimate of drug-likeness (QED) is 0.113. The van der Waals surface area contributed by atoms with Crippen LogP contribution in [0, 0.1) is 0 Å². The Hall–Kier alpha value is -3.48. The van der Waals surface area contributed by atoms with E-state index >= 15 is 0 Å². The van der Waals surface area contributed by atoms with Crippen LogP contribution in [0.15, 0.2) is 44.1 Å². The van der Waals surface area contributed by atoms with Crippen molar-refractivity contribution in [3.05, 3.63) is 39.5 Å². The van der Waals surface area contributed by atoms with Gasteiger partial charge in [0.25, 0.3) is 11.8 Å². The summed E-state index contributed by atoms with van der Waals surface area (Å²) >= 11 is 9.65. The Balaban J connectivity index is 1.49. The van der Waals surface area contributed by atoms with Crippen molar-refractivity contribution in [2.24, 2.45) is 12.2 Å². The molecule has 0 aliphatic carbocycles. The van der Waals surface area contributed by atoms with Crippen LogP contribution in [0.3, 0.4) is 0 Å². The average molecular weight is 671 g/mol. The van der Waals surface area contributed by atoms with E-state index in [0.29, 0.717) is 22.2 Å². The summed E-state index contributed by atoms with van der Waals surface area (Å²) in [6.07, 6.45) is 0. The van der Waals surface area contributed by atoms with Gasteiger partial charge in [0.1, 0.15) is 35.0 Å². The number of nitrogens with zero attached hydrogens (tertiary/aromatic N) is 7. The summed E-state index contributed by atoms with van der Waals surface area (Å²) in [5.41, 5.74) is 1.41. The number of oxime groups is 1. The van der Waals surface area contributed by atoms with Crippen LogP contribution in [0.4, 0.5) is 0 Å². The van der Waals surface area contributed by atoms with Crippen LogP contribution >= 0.6 is 46.5 Å². The van der Waals surface area contributed by atoms with E-state index in [4.69, 9.17) is 25.9 Å². The lowest BCUT2D eigenvalue weighted by atomic mass is 10.0. The van der Waals surface area contributed by atoms with Gasteiger partial charge in [-0.2, -0.15) is 0 Å². The summed E-state index contributed by atoms with van der Waals surface area (Å²) < 4.78 is 11.9. The first-order chi connectivity index (χ1) is 20.4. The third-order valence-corrected chi connectivity index (χ3v) is 8.62. The molecule has 15 nitrogen and oxygen atoms in total. The Morgan fingerprint density at radius 1 is 1.30 bits per heavy atom. The zero-order valence-corrected chi connectivity index (χ0v) is 26.6. The van der Waals surface area contributed by atoms with Gasteiger partial charge >= 0.3 is 11.9 Å². The summed E-state index contributed by atoms with van der Waals surface area (Å²) in [5, 5.41) is 19.4. The molecule has 1 N–H and O–H groups in total. The third-order valence-electron chi connectivity index (χ3n) is 5.49. The number of rotatable bonds is 12. The summed E-state index contributed by atoms with van der Waals surface area (Å²) in [4.78, 5) is 62.3. The largest absolute Gasteiger partial charge is 0.457 e. The number of thiazole rings is 1. The van der Waals surface area contributed by atoms with Crippen molar-refractivity contribution >= 4 is 75.9 Å². The highest BCUT2D eigenvalue weighted by Gasteiger charge is 2.54. The fourth-order valence-corrected chi connectivity index (χ4v) is 6.68. The molecule has 0 saturated carbocycles.